The summed E-state index contributed by atoms with van der Waals surface area (Å²) in [6.07, 6.45) is 4.46. The number of nitrogens with zero attached hydrogens (tertiary/aromatic N) is 2. The molecule has 0 unspecified atom stereocenters. The maximum atomic E-state index is 14.7. The predicted molar refractivity (Wildman–Crippen MR) is 148 cm³/mol. The molecule has 2 aliphatic heterocycles. The number of aliphatic hydroxyl groups is 1. The Kier molecular flexibility index (Phi) is 9.35. The van der Waals surface area contributed by atoms with Crippen molar-refractivity contribution in [1.82, 2.24) is 20.5 Å². The number of amides is 2. The number of hydrogen-bond acceptors (Lipinski definition) is 7. The lowest BCUT2D eigenvalue weighted by atomic mass is 9.94. The lowest BCUT2D eigenvalue weighted by molar-refractivity contribution is -0.125. The largest absolute Gasteiger partial charge is 0.492 e. The van der Waals surface area contributed by atoms with Crippen LogP contribution in [-0.2, 0) is 4.79 Å². The van der Waals surface area contributed by atoms with Crippen molar-refractivity contribution in [2.75, 3.05) is 32.8 Å². The van der Waals surface area contributed by atoms with Crippen molar-refractivity contribution in [1.29, 1.82) is 0 Å². The van der Waals surface area contributed by atoms with E-state index in [1.54, 1.807) is 37.4 Å². The average Bonchev–Trinajstić information content (AvgIpc) is 3.32. The van der Waals surface area contributed by atoms with Crippen molar-refractivity contribution >= 4 is 11.8 Å². The van der Waals surface area contributed by atoms with Gasteiger partial charge in [0.2, 0.25) is 5.91 Å². The van der Waals surface area contributed by atoms with Crippen molar-refractivity contribution in [3.63, 3.8) is 0 Å². The molecule has 9 heteroatoms. The Morgan fingerprint density at radius 2 is 1.87 bits per heavy atom. The molecular formula is C30H41FN4O4. The lowest BCUT2D eigenvalue weighted by Gasteiger charge is -2.36. The summed E-state index contributed by atoms with van der Waals surface area (Å²) in [6, 6.07) is 10.7. The zero-order valence-corrected chi connectivity index (χ0v) is 23.2. The van der Waals surface area contributed by atoms with Gasteiger partial charge in [0.15, 0.2) is 0 Å². The van der Waals surface area contributed by atoms with Gasteiger partial charge in [-0.25, -0.2) is 4.39 Å². The van der Waals surface area contributed by atoms with E-state index in [1.807, 2.05) is 26.0 Å². The smallest absolute Gasteiger partial charge is 0.257 e. The van der Waals surface area contributed by atoms with Gasteiger partial charge in [0.05, 0.1) is 30.1 Å². The molecule has 0 saturated carbocycles. The number of nitrogens with one attached hydrogen (secondary N) is 2. The zero-order chi connectivity index (χ0) is 28.0. The maximum Gasteiger partial charge on any atom is 0.257 e. The first-order valence-corrected chi connectivity index (χ1v) is 14.0. The van der Waals surface area contributed by atoms with Crippen LogP contribution in [0, 0.1) is 5.92 Å². The van der Waals surface area contributed by atoms with E-state index in [0.717, 1.165) is 37.2 Å². The van der Waals surface area contributed by atoms with E-state index in [-0.39, 0.29) is 6.42 Å². The Bertz CT molecular complexity index is 1110. The van der Waals surface area contributed by atoms with Gasteiger partial charge in [0.1, 0.15) is 11.4 Å². The zero-order valence-electron chi connectivity index (χ0n) is 23.2. The molecule has 2 atom stereocenters. The van der Waals surface area contributed by atoms with E-state index in [1.165, 1.54) is 0 Å². The molecule has 3 N–H and O–H groups in total. The highest BCUT2D eigenvalue weighted by Crippen LogP contribution is 2.26. The van der Waals surface area contributed by atoms with Crippen molar-refractivity contribution in [2.45, 2.75) is 70.2 Å². The van der Waals surface area contributed by atoms with Crippen molar-refractivity contribution in [2.24, 2.45) is 5.92 Å². The van der Waals surface area contributed by atoms with Crippen LogP contribution in [0.4, 0.5) is 4.39 Å². The number of likely N-dealkylation sites (tertiary alicyclic amines) is 1. The topological polar surface area (TPSA) is 104 Å². The standard InChI is InChI=1S/C30H41FN4O4/c1-4-30(31,5-2)20-35-14-12-21(13-15-35)19-39-25-10-11-26(32-18-25)22-6-8-23(9-7-22)27(37)34-28(38)29(3)16-24(36)17-33-29/h6-11,18,21,24,33,36H,4-5,12-17,19-20H2,1-3H3,(H,34,37,38)/t24-,29+/m1/s1. The van der Waals surface area contributed by atoms with E-state index in [0.29, 0.717) is 49.8 Å². The number of ether oxygens (including phenoxy) is 1. The number of benzene rings is 1. The number of aliphatic hydroxyl groups excluding tert-OH is 1. The van der Waals surface area contributed by atoms with Gasteiger partial charge in [-0.2, -0.15) is 0 Å². The predicted octanol–water partition coefficient (Wildman–Crippen LogP) is 3.74. The fraction of sp³-hybridized carbons (Fsp3) is 0.567. The minimum atomic E-state index is -1.08. The van der Waals surface area contributed by atoms with E-state index < -0.39 is 29.1 Å². The van der Waals surface area contributed by atoms with Crippen LogP contribution in [0.1, 0.15) is 63.2 Å². The molecular weight excluding hydrogens is 499 g/mol. The molecule has 39 heavy (non-hydrogen) atoms. The number of pyridine rings is 1. The number of carbonyl (C=O) groups is 2. The molecule has 0 aliphatic carbocycles. The number of halogens is 1. The van der Waals surface area contributed by atoms with Gasteiger partial charge >= 0.3 is 0 Å². The fourth-order valence-corrected chi connectivity index (χ4v) is 5.27. The summed E-state index contributed by atoms with van der Waals surface area (Å²) in [7, 11) is 0. The number of carbonyl (C=O) groups excluding carboxylic acids is 2. The molecule has 0 bridgehead atoms. The Hall–Kier alpha value is -2.88. The van der Waals surface area contributed by atoms with Gasteiger partial charge in [-0.15, -0.1) is 0 Å². The molecule has 2 amide bonds. The van der Waals surface area contributed by atoms with Gasteiger partial charge in [-0.05, 0) is 75.9 Å². The monoisotopic (exact) mass is 540 g/mol. The average molecular weight is 541 g/mol. The number of β-amino-alcohol motifs (C(OH)–C–C–N with tert-alkyl or cyclic N) is 1. The minimum Gasteiger partial charge on any atom is -0.492 e. The van der Waals surface area contributed by atoms with Gasteiger partial charge in [0, 0.05) is 30.6 Å². The number of alkyl halides is 1. The molecule has 2 saturated heterocycles. The highest BCUT2D eigenvalue weighted by molar-refractivity contribution is 6.07. The summed E-state index contributed by atoms with van der Waals surface area (Å²) in [6.45, 7) is 8.78. The number of piperidine rings is 1. The second kappa shape index (κ2) is 12.5. The summed E-state index contributed by atoms with van der Waals surface area (Å²) >= 11 is 0. The molecule has 212 valence electrons. The SMILES string of the molecule is CCC(F)(CC)CN1CCC(COc2ccc(-c3ccc(C(=O)NC(=O)[C@]4(C)C[C@@H](O)CN4)cc3)nc2)CC1. The highest BCUT2D eigenvalue weighted by atomic mass is 19.1. The third kappa shape index (κ3) is 7.41. The fourth-order valence-electron chi connectivity index (χ4n) is 5.27. The molecule has 1 aromatic carbocycles. The Morgan fingerprint density at radius 1 is 1.18 bits per heavy atom. The van der Waals surface area contributed by atoms with Gasteiger partial charge in [-0.1, -0.05) is 26.0 Å². The number of aromatic nitrogens is 1. The van der Waals surface area contributed by atoms with Gasteiger partial charge in [-0.3, -0.25) is 19.9 Å². The van der Waals surface area contributed by atoms with E-state index >= 15 is 0 Å². The number of hydrogen-bond donors (Lipinski definition) is 3. The molecule has 2 fully saturated rings. The van der Waals surface area contributed by atoms with E-state index in [2.05, 4.69) is 20.5 Å². The van der Waals surface area contributed by atoms with E-state index in [9.17, 15) is 19.1 Å². The molecule has 1 aromatic heterocycles. The molecule has 2 aromatic rings. The molecule has 0 radical (unpaired) electrons. The third-order valence-corrected chi connectivity index (χ3v) is 8.25. The number of rotatable bonds is 10. The van der Waals surface area contributed by atoms with Crippen LogP contribution in [0.5, 0.6) is 5.75 Å². The first-order chi connectivity index (χ1) is 18.6. The molecule has 4 rings (SSSR count). The second-order valence-electron chi connectivity index (χ2n) is 11.2. The normalized spacial score (nSPS) is 22.5. The Labute approximate surface area is 230 Å². The molecule has 0 spiro atoms. The first kappa shape index (κ1) is 29.1. The first-order valence-electron chi connectivity index (χ1n) is 14.0. The number of imide groups is 1. The third-order valence-electron chi connectivity index (χ3n) is 8.25. The molecule has 8 nitrogen and oxygen atoms in total. The maximum absolute atomic E-state index is 14.7. The highest BCUT2D eigenvalue weighted by Gasteiger charge is 2.41. The summed E-state index contributed by atoms with van der Waals surface area (Å²) in [5.74, 6) is 0.208. The van der Waals surface area contributed by atoms with Crippen molar-refractivity contribution in [3.8, 4) is 17.0 Å². The van der Waals surface area contributed by atoms with Crippen LogP contribution in [0.25, 0.3) is 11.3 Å². The van der Waals surface area contributed by atoms with Gasteiger partial charge < -0.3 is 20.1 Å². The van der Waals surface area contributed by atoms with Crippen molar-refractivity contribution < 1.29 is 23.8 Å². The Balaban J connectivity index is 1.24. The lowest BCUT2D eigenvalue weighted by Crippen LogP contribution is -2.52. The van der Waals surface area contributed by atoms with Crippen LogP contribution in [0.15, 0.2) is 42.6 Å². The molecule has 2 aliphatic rings. The second-order valence-corrected chi connectivity index (χ2v) is 11.2. The quantitative estimate of drug-likeness (QED) is 0.395. The summed E-state index contributed by atoms with van der Waals surface area (Å²) < 4.78 is 20.7. The van der Waals surface area contributed by atoms with Crippen molar-refractivity contribution in [3.05, 3.63) is 48.2 Å². The van der Waals surface area contributed by atoms with E-state index in [4.69, 9.17) is 4.74 Å². The van der Waals surface area contributed by atoms with Crippen LogP contribution >= 0.6 is 0 Å². The van der Waals surface area contributed by atoms with Gasteiger partial charge in [0.25, 0.3) is 5.91 Å². The summed E-state index contributed by atoms with van der Waals surface area (Å²) in [4.78, 5) is 31.8. The summed E-state index contributed by atoms with van der Waals surface area (Å²) in [5, 5.41) is 15.1. The molecule has 3 heterocycles. The van der Waals surface area contributed by atoms with Crippen LogP contribution in [-0.4, -0.2) is 76.9 Å². The van der Waals surface area contributed by atoms with Crippen LogP contribution in [0.3, 0.4) is 0 Å². The Morgan fingerprint density at radius 3 is 2.44 bits per heavy atom. The van der Waals surface area contributed by atoms with Crippen LogP contribution < -0.4 is 15.4 Å². The minimum absolute atomic E-state index is 0.259. The summed E-state index contributed by atoms with van der Waals surface area (Å²) in [5.41, 5.74) is -0.101. The van der Waals surface area contributed by atoms with Crippen LogP contribution in [0.2, 0.25) is 0 Å².